The largest absolute Gasteiger partial charge is 0.293 e. The molecule has 0 unspecified atom stereocenters. The second-order valence-electron chi connectivity index (χ2n) is 5.88. The number of hydrogen-bond donors (Lipinski definition) is 0. The highest BCUT2D eigenvalue weighted by Gasteiger charge is 2.34. The van der Waals surface area contributed by atoms with Crippen LogP contribution in [0.5, 0.6) is 0 Å². The van der Waals surface area contributed by atoms with Gasteiger partial charge in [0, 0.05) is 6.54 Å². The van der Waals surface area contributed by atoms with E-state index in [4.69, 9.17) is 0 Å². The van der Waals surface area contributed by atoms with Crippen LogP contribution in [0.3, 0.4) is 0 Å². The minimum atomic E-state index is -0.142. The maximum Gasteiger partial charge on any atom is 0.293 e. The van der Waals surface area contributed by atoms with Crippen LogP contribution in [-0.2, 0) is 4.79 Å². The number of aromatic nitrogens is 2. The molecule has 2 aromatic heterocycles. The Morgan fingerprint density at radius 2 is 2.11 bits per heavy atom. The Kier molecular flexibility index (Phi) is 8.72. The molecule has 0 N–H and O–H groups in total. The van der Waals surface area contributed by atoms with Crippen molar-refractivity contribution in [3.8, 4) is 0 Å². The number of fused-ring (bicyclic) bond motifs is 1. The van der Waals surface area contributed by atoms with E-state index in [0.717, 1.165) is 58.5 Å². The van der Waals surface area contributed by atoms with Gasteiger partial charge < -0.3 is 0 Å². The van der Waals surface area contributed by atoms with Gasteiger partial charge in [-0.25, -0.2) is 4.98 Å². The van der Waals surface area contributed by atoms with E-state index in [0.29, 0.717) is 11.4 Å². The fourth-order valence-corrected chi connectivity index (χ4v) is 5.16. The summed E-state index contributed by atoms with van der Waals surface area (Å²) in [4.78, 5) is 30.6. The van der Waals surface area contributed by atoms with E-state index in [9.17, 15) is 9.59 Å². The van der Waals surface area contributed by atoms with Crippen LogP contribution in [0.2, 0.25) is 0 Å². The van der Waals surface area contributed by atoms with Gasteiger partial charge in [-0.2, -0.15) is 0 Å². The summed E-state index contributed by atoms with van der Waals surface area (Å²) in [6.07, 6.45) is 7.23. The molecule has 3 heterocycles. The fourth-order valence-electron chi connectivity index (χ4n) is 2.64. The van der Waals surface area contributed by atoms with Crippen LogP contribution in [0.1, 0.15) is 32.6 Å². The number of unbranched alkanes of at least 4 members (excludes halogenated alkanes) is 2. The van der Waals surface area contributed by atoms with Crippen molar-refractivity contribution in [1.82, 2.24) is 14.3 Å². The molecule has 1 aliphatic heterocycles. The highest BCUT2D eigenvalue weighted by molar-refractivity contribution is 9.10. The first-order valence-corrected chi connectivity index (χ1v) is 11.2. The lowest BCUT2D eigenvalue weighted by Gasteiger charge is -2.12. The first-order chi connectivity index (χ1) is 12.6. The van der Waals surface area contributed by atoms with Crippen molar-refractivity contribution in [2.45, 2.75) is 37.6 Å². The van der Waals surface area contributed by atoms with Crippen LogP contribution < -0.4 is 0 Å². The fraction of sp³-hybridized carbons (Fsp3) is 0.389. The Hall–Kier alpha value is -0.960. The van der Waals surface area contributed by atoms with Crippen LogP contribution in [0.25, 0.3) is 5.65 Å². The second-order valence-corrected chi connectivity index (χ2v) is 8.80. The van der Waals surface area contributed by atoms with Crippen molar-refractivity contribution < 1.29 is 9.59 Å². The van der Waals surface area contributed by atoms with Gasteiger partial charge >= 0.3 is 0 Å². The molecular formula is C18H21BrClN3O2S2. The predicted molar refractivity (Wildman–Crippen MR) is 118 cm³/mol. The Morgan fingerprint density at radius 3 is 2.89 bits per heavy atom. The lowest BCUT2D eigenvalue weighted by Crippen LogP contribution is -2.29. The van der Waals surface area contributed by atoms with Gasteiger partial charge in [-0.05, 0) is 64.8 Å². The standard InChI is InChI=1S/C18H20BrN3O2S2.ClH/c1-2-3-7-13-17(23)21(18(24)26-13)10-4-5-11-25-16-9-6-8-15-20-12-14(19)22(15)16;/h6-9,12H,2-5,10-11H2,1H3;1H/b13-7+;. The van der Waals surface area contributed by atoms with Crippen molar-refractivity contribution in [1.29, 1.82) is 0 Å². The normalized spacial score (nSPS) is 15.8. The van der Waals surface area contributed by atoms with Crippen molar-refractivity contribution >= 4 is 68.7 Å². The summed E-state index contributed by atoms with van der Waals surface area (Å²) >= 11 is 6.34. The molecule has 0 spiro atoms. The Labute approximate surface area is 181 Å². The second kappa shape index (κ2) is 10.5. The minimum absolute atomic E-state index is 0. The molecule has 146 valence electrons. The van der Waals surface area contributed by atoms with Gasteiger partial charge in [-0.1, -0.05) is 25.5 Å². The summed E-state index contributed by atoms with van der Waals surface area (Å²) in [5.41, 5.74) is 0.915. The van der Waals surface area contributed by atoms with Crippen LogP contribution in [-0.4, -0.2) is 37.7 Å². The number of carbonyl (C=O) groups excluding carboxylic acids is 2. The molecule has 2 amide bonds. The molecule has 0 aromatic carbocycles. The van der Waals surface area contributed by atoms with Crippen LogP contribution in [0.15, 0.2) is 45.0 Å². The lowest BCUT2D eigenvalue weighted by atomic mass is 10.3. The molecule has 0 bridgehead atoms. The number of pyridine rings is 1. The highest BCUT2D eigenvalue weighted by Crippen LogP contribution is 2.31. The first kappa shape index (κ1) is 22.3. The maximum atomic E-state index is 12.3. The van der Waals surface area contributed by atoms with Crippen molar-refractivity contribution in [3.05, 3.63) is 40.0 Å². The molecule has 5 nitrogen and oxygen atoms in total. The third-order valence-corrected chi connectivity index (χ3v) is 6.59. The number of imidazole rings is 1. The number of allylic oxidation sites excluding steroid dienone is 1. The summed E-state index contributed by atoms with van der Waals surface area (Å²) in [5, 5.41) is 0.984. The van der Waals surface area contributed by atoms with E-state index in [1.54, 1.807) is 18.0 Å². The van der Waals surface area contributed by atoms with Crippen LogP contribution >= 0.6 is 51.9 Å². The molecule has 3 rings (SSSR count). The zero-order valence-electron chi connectivity index (χ0n) is 14.9. The molecule has 1 aliphatic rings. The maximum absolute atomic E-state index is 12.3. The molecule has 9 heteroatoms. The van der Waals surface area contributed by atoms with Gasteiger partial charge in [0.15, 0.2) is 0 Å². The number of thioether (sulfide) groups is 2. The van der Waals surface area contributed by atoms with E-state index >= 15 is 0 Å². The first-order valence-electron chi connectivity index (χ1n) is 8.60. The van der Waals surface area contributed by atoms with Crippen molar-refractivity contribution in [3.63, 3.8) is 0 Å². The van der Waals surface area contributed by atoms with Gasteiger partial charge in [0.2, 0.25) is 0 Å². The van der Waals surface area contributed by atoms with Crippen molar-refractivity contribution in [2.75, 3.05) is 12.3 Å². The van der Waals surface area contributed by atoms with Gasteiger partial charge in [0.1, 0.15) is 10.3 Å². The Morgan fingerprint density at radius 1 is 1.30 bits per heavy atom. The summed E-state index contributed by atoms with van der Waals surface area (Å²) in [5.74, 6) is 0.791. The Bertz CT molecular complexity index is 856. The average Bonchev–Trinajstić information content (AvgIpc) is 3.14. The smallest absolute Gasteiger partial charge is 0.281 e. The zero-order valence-corrected chi connectivity index (χ0v) is 18.9. The quantitative estimate of drug-likeness (QED) is 0.267. The molecule has 0 radical (unpaired) electrons. The number of imide groups is 1. The average molecular weight is 491 g/mol. The molecule has 1 fully saturated rings. The van der Waals surface area contributed by atoms with E-state index in [-0.39, 0.29) is 23.6 Å². The number of carbonyl (C=O) groups is 2. The summed E-state index contributed by atoms with van der Waals surface area (Å²) in [7, 11) is 0. The predicted octanol–water partition coefficient (Wildman–Crippen LogP) is 5.77. The summed E-state index contributed by atoms with van der Waals surface area (Å²) < 4.78 is 3.01. The molecule has 2 aromatic rings. The van der Waals surface area contributed by atoms with E-state index in [1.807, 2.05) is 18.2 Å². The summed E-state index contributed by atoms with van der Waals surface area (Å²) in [6.45, 7) is 2.55. The van der Waals surface area contributed by atoms with Gasteiger partial charge in [-0.3, -0.25) is 18.9 Å². The number of halogens is 2. The minimum Gasteiger partial charge on any atom is -0.281 e. The van der Waals surface area contributed by atoms with E-state index in [2.05, 4.69) is 38.3 Å². The lowest BCUT2D eigenvalue weighted by molar-refractivity contribution is -0.122. The van der Waals surface area contributed by atoms with E-state index < -0.39 is 0 Å². The topological polar surface area (TPSA) is 54.7 Å². The highest BCUT2D eigenvalue weighted by atomic mass is 79.9. The molecule has 1 saturated heterocycles. The van der Waals surface area contributed by atoms with E-state index in [1.165, 1.54) is 4.90 Å². The zero-order chi connectivity index (χ0) is 18.5. The number of hydrogen-bond acceptors (Lipinski definition) is 5. The van der Waals surface area contributed by atoms with Crippen LogP contribution in [0, 0.1) is 0 Å². The molecule has 27 heavy (non-hydrogen) atoms. The number of amides is 2. The third kappa shape index (κ3) is 5.31. The third-order valence-electron chi connectivity index (χ3n) is 3.97. The SMILES string of the molecule is CCC/C=C1/SC(=O)N(CCCCSc2cccc3ncc(Br)n23)C1=O.Cl. The van der Waals surface area contributed by atoms with Gasteiger partial charge in [0.25, 0.3) is 11.1 Å². The number of nitrogens with zero attached hydrogens (tertiary/aromatic N) is 3. The summed E-state index contributed by atoms with van der Waals surface area (Å²) in [6, 6.07) is 6.04. The number of rotatable bonds is 8. The van der Waals surface area contributed by atoms with Gasteiger partial charge in [0.05, 0.1) is 16.1 Å². The molecule has 0 atom stereocenters. The van der Waals surface area contributed by atoms with Crippen LogP contribution in [0.4, 0.5) is 4.79 Å². The monoisotopic (exact) mass is 489 g/mol. The Balaban J connectivity index is 0.00000261. The molecule has 0 aliphatic carbocycles. The van der Waals surface area contributed by atoms with Crippen molar-refractivity contribution in [2.24, 2.45) is 0 Å². The molecular weight excluding hydrogens is 470 g/mol. The molecule has 0 saturated carbocycles. The van der Waals surface area contributed by atoms with Gasteiger partial charge in [-0.15, -0.1) is 24.2 Å².